The zero-order valence-electron chi connectivity index (χ0n) is 7.45. The Morgan fingerprint density at radius 3 is 2.50 bits per heavy atom. The van der Waals surface area contributed by atoms with Crippen LogP contribution < -0.4 is 5.73 Å². The molecule has 0 rings (SSSR count). The summed E-state index contributed by atoms with van der Waals surface area (Å²) in [5.41, 5.74) is 5.18. The highest BCUT2D eigenvalue weighted by Crippen LogP contribution is 1.93. The molecule has 0 aromatic rings. The molecule has 0 aliphatic carbocycles. The summed E-state index contributed by atoms with van der Waals surface area (Å²) in [6, 6.07) is 0. The molecule has 74 valence electrons. The lowest BCUT2D eigenvalue weighted by Gasteiger charge is -2.02. The van der Waals surface area contributed by atoms with Crippen LogP contribution >= 0.6 is 0 Å². The highest BCUT2D eigenvalue weighted by molar-refractivity contribution is 7.91. The van der Waals surface area contributed by atoms with Crippen LogP contribution in [0.15, 0.2) is 0 Å². The average molecular weight is 195 g/mol. The number of hydrogen-bond donors (Lipinski definition) is 1. The fourth-order valence-corrected chi connectivity index (χ4v) is 1.56. The molecule has 0 heterocycles. The fraction of sp³-hybridized carbons (Fsp3) is 1.00. The van der Waals surface area contributed by atoms with Crippen molar-refractivity contribution in [2.24, 2.45) is 5.73 Å². The first-order chi connectivity index (χ1) is 5.62. The van der Waals surface area contributed by atoms with Crippen LogP contribution in [0.25, 0.3) is 0 Å². The molecule has 12 heavy (non-hydrogen) atoms. The Morgan fingerprint density at radius 2 is 2.00 bits per heavy atom. The summed E-state index contributed by atoms with van der Waals surface area (Å²) in [4.78, 5) is 0. The van der Waals surface area contributed by atoms with E-state index < -0.39 is 9.84 Å². The molecule has 2 N–H and O–H groups in total. The number of sulfone groups is 1. The van der Waals surface area contributed by atoms with E-state index in [-0.39, 0.29) is 11.5 Å². The molecule has 0 fully saturated rings. The van der Waals surface area contributed by atoms with Crippen molar-refractivity contribution in [1.29, 1.82) is 0 Å². The molecular weight excluding hydrogens is 178 g/mol. The van der Waals surface area contributed by atoms with E-state index in [1.165, 1.54) is 0 Å². The highest BCUT2D eigenvalue weighted by Gasteiger charge is 2.05. The SMILES string of the molecule is CCS(=O)(=O)CCCOCCN. The third kappa shape index (κ3) is 6.57. The van der Waals surface area contributed by atoms with Crippen molar-refractivity contribution >= 4 is 9.84 Å². The molecule has 0 spiro atoms. The van der Waals surface area contributed by atoms with Gasteiger partial charge in [0.2, 0.25) is 0 Å². The maximum atomic E-state index is 11.0. The Morgan fingerprint density at radius 1 is 1.33 bits per heavy atom. The van der Waals surface area contributed by atoms with Gasteiger partial charge in [-0.2, -0.15) is 0 Å². The van der Waals surface area contributed by atoms with E-state index in [9.17, 15) is 8.42 Å². The molecule has 0 aliphatic heterocycles. The largest absolute Gasteiger partial charge is 0.380 e. The molecule has 0 bridgehead atoms. The van der Waals surface area contributed by atoms with Crippen molar-refractivity contribution in [1.82, 2.24) is 0 Å². The van der Waals surface area contributed by atoms with E-state index in [0.29, 0.717) is 26.2 Å². The number of ether oxygens (including phenoxy) is 1. The Kier molecular flexibility index (Phi) is 6.32. The quantitative estimate of drug-likeness (QED) is 0.570. The molecule has 0 saturated heterocycles. The van der Waals surface area contributed by atoms with E-state index in [1.54, 1.807) is 6.92 Å². The molecule has 4 nitrogen and oxygen atoms in total. The topological polar surface area (TPSA) is 69.4 Å². The average Bonchev–Trinajstić information content (AvgIpc) is 2.04. The second-order valence-corrected chi connectivity index (χ2v) is 4.96. The summed E-state index contributed by atoms with van der Waals surface area (Å²) < 4.78 is 26.9. The van der Waals surface area contributed by atoms with Gasteiger partial charge in [0.15, 0.2) is 0 Å². The number of rotatable bonds is 7. The van der Waals surface area contributed by atoms with Crippen LogP contribution in [0, 0.1) is 0 Å². The van der Waals surface area contributed by atoms with E-state index >= 15 is 0 Å². The van der Waals surface area contributed by atoms with E-state index in [2.05, 4.69) is 0 Å². The minimum atomic E-state index is -2.82. The van der Waals surface area contributed by atoms with Crippen molar-refractivity contribution in [3.63, 3.8) is 0 Å². The van der Waals surface area contributed by atoms with E-state index in [1.807, 2.05) is 0 Å². The van der Waals surface area contributed by atoms with Crippen molar-refractivity contribution in [2.45, 2.75) is 13.3 Å². The first-order valence-corrected chi connectivity index (χ1v) is 5.92. The van der Waals surface area contributed by atoms with Crippen LogP contribution in [0.3, 0.4) is 0 Å². The lowest BCUT2D eigenvalue weighted by molar-refractivity contribution is 0.142. The summed E-state index contributed by atoms with van der Waals surface area (Å²) in [6.07, 6.45) is 0.566. The first-order valence-electron chi connectivity index (χ1n) is 4.10. The van der Waals surface area contributed by atoms with Crippen LogP contribution in [-0.2, 0) is 14.6 Å². The fourth-order valence-electron chi connectivity index (χ4n) is 0.711. The van der Waals surface area contributed by atoms with Gasteiger partial charge >= 0.3 is 0 Å². The van der Waals surface area contributed by atoms with Gasteiger partial charge in [-0.05, 0) is 6.42 Å². The van der Waals surface area contributed by atoms with Crippen LogP contribution in [0.2, 0.25) is 0 Å². The van der Waals surface area contributed by atoms with Gasteiger partial charge in [0.25, 0.3) is 0 Å². The van der Waals surface area contributed by atoms with Gasteiger partial charge in [0, 0.05) is 18.9 Å². The first kappa shape index (κ1) is 11.9. The second kappa shape index (κ2) is 6.39. The third-order valence-electron chi connectivity index (χ3n) is 1.45. The number of nitrogens with two attached hydrogens (primary N) is 1. The molecule has 0 unspecified atom stereocenters. The minimum absolute atomic E-state index is 0.212. The minimum Gasteiger partial charge on any atom is -0.380 e. The van der Waals surface area contributed by atoms with Crippen molar-refractivity contribution in [3.8, 4) is 0 Å². The Balaban J connectivity index is 3.32. The summed E-state index contributed by atoms with van der Waals surface area (Å²) in [5, 5.41) is 0. The van der Waals surface area contributed by atoms with Gasteiger partial charge in [-0.1, -0.05) is 6.92 Å². The Bertz CT molecular complexity index is 189. The zero-order valence-corrected chi connectivity index (χ0v) is 8.27. The second-order valence-electron chi connectivity index (χ2n) is 2.49. The Hall–Kier alpha value is -0.130. The predicted octanol–water partition coefficient (Wildman–Crippen LogP) is -0.213. The van der Waals surface area contributed by atoms with Crippen LogP contribution in [-0.4, -0.2) is 39.7 Å². The van der Waals surface area contributed by atoms with Crippen molar-refractivity contribution in [3.05, 3.63) is 0 Å². The summed E-state index contributed by atoms with van der Waals surface area (Å²) >= 11 is 0. The van der Waals surface area contributed by atoms with Gasteiger partial charge in [-0.15, -0.1) is 0 Å². The third-order valence-corrected chi connectivity index (χ3v) is 3.24. The lowest BCUT2D eigenvalue weighted by atomic mass is 10.5. The van der Waals surface area contributed by atoms with Gasteiger partial charge in [-0.3, -0.25) is 0 Å². The van der Waals surface area contributed by atoms with Crippen molar-refractivity contribution < 1.29 is 13.2 Å². The van der Waals surface area contributed by atoms with Crippen LogP contribution in [0.4, 0.5) is 0 Å². The van der Waals surface area contributed by atoms with E-state index in [4.69, 9.17) is 10.5 Å². The molecule has 0 amide bonds. The lowest BCUT2D eigenvalue weighted by Crippen LogP contribution is -2.13. The summed E-state index contributed by atoms with van der Waals surface area (Å²) in [6.45, 7) is 3.12. The monoisotopic (exact) mass is 195 g/mol. The van der Waals surface area contributed by atoms with Gasteiger partial charge in [-0.25, -0.2) is 8.42 Å². The molecule has 0 radical (unpaired) electrons. The molecule has 5 heteroatoms. The van der Waals surface area contributed by atoms with Gasteiger partial charge in [0.1, 0.15) is 9.84 Å². The predicted molar refractivity (Wildman–Crippen MR) is 48.8 cm³/mol. The normalized spacial score (nSPS) is 11.8. The Labute approximate surface area is 74.0 Å². The maximum absolute atomic E-state index is 11.0. The van der Waals surface area contributed by atoms with E-state index in [0.717, 1.165) is 0 Å². The molecule has 0 aromatic carbocycles. The molecule has 0 saturated carbocycles. The molecule has 0 aliphatic rings. The van der Waals surface area contributed by atoms with Crippen molar-refractivity contribution in [2.75, 3.05) is 31.3 Å². The summed E-state index contributed by atoms with van der Waals surface area (Å²) in [7, 11) is -2.82. The standard InChI is InChI=1S/C7H17NO3S/c1-2-12(9,10)7-3-5-11-6-4-8/h2-8H2,1H3. The zero-order chi connectivity index (χ0) is 9.45. The van der Waals surface area contributed by atoms with Gasteiger partial charge < -0.3 is 10.5 Å². The smallest absolute Gasteiger partial charge is 0.150 e. The highest BCUT2D eigenvalue weighted by atomic mass is 32.2. The molecular formula is C7H17NO3S. The molecule has 0 atom stereocenters. The van der Waals surface area contributed by atoms with Crippen LogP contribution in [0.5, 0.6) is 0 Å². The van der Waals surface area contributed by atoms with Crippen LogP contribution in [0.1, 0.15) is 13.3 Å². The summed E-state index contributed by atoms with van der Waals surface area (Å²) in [5.74, 6) is 0.429. The maximum Gasteiger partial charge on any atom is 0.150 e. The number of hydrogen-bond acceptors (Lipinski definition) is 4. The molecule has 0 aromatic heterocycles. The van der Waals surface area contributed by atoms with Gasteiger partial charge in [0.05, 0.1) is 12.4 Å².